The molecule has 2 aromatic carbocycles. The number of aliphatic hydroxyl groups is 1. The van der Waals surface area contributed by atoms with Crippen LogP contribution in [0.3, 0.4) is 0 Å². The molecule has 0 aliphatic heterocycles. The van der Waals surface area contributed by atoms with E-state index in [1.54, 1.807) is 7.11 Å². The SMILES string of the molecule is COc1cccc(-c2nc3cc(NCC(O)CCl)ccc3o2)c1. The quantitative estimate of drug-likeness (QED) is 0.676. The third kappa shape index (κ3) is 3.57. The van der Waals surface area contributed by atoms with Crippen molar-refractivity contribution in [3.05, 3.63) is 42.5 Å². The molecule has 0 radical (unpaired) electrons. The first-order valence-electron chi connectivity index (χ1n) is 7.22. The number of aliphatic hydroxyl groups excluding tert-OH is 1. The van der Waals surface area contributed by atoms with E-state index in [-0.39, 0.29) is 5.88 Å². The predicted octanol–water partition coefficient (Wildman–Crippen LogP) is 3.52. The summed E-state index contributed by atoms with van der Waals surface area (Å²) in [5.74, 6) is 1.48. The van der Waals surface area contributed by atoms with Crippen molar-refractivity contribution in [2.75, 3.05) is 24.9 Å². The molecule has 1 aromatic heterocycles. The first kappa shape index (κ1) is 15.6. The molecule has 23 heavy (non-hydrogen) atoms. The van der Waals surface area contributed by atoms with E-state index in [9.17, 15) is 5.11 Å². The first-order valence-corrected chi connectivity index (χ1v) is 7.76. The molecule has 0 aliphatic carbocycles. The molecule has 5 nitrogen and oxygen atoms in total. The number of fused-ring (bicyclic) bond motifs is 1. The van der Waals surface area contributed by atoms with E-state index >= 15 is 0 Å². The second-order valence-electron chi connectivity index (χ2n) is 5.12. The van der Waals surface area contributed by atoms with Gasteiger partial charge in [-0.15, -0.1) is 11.6 Å². The Morgan fingerprint density at radius 2 is 2.17 bits per heavy atom. The summed E-state index contributed by atoms with van der Waals surface area (Å²) < 4.78 is 11.0. The van der Waals surface area contributed by atoms with E-state index in [0.717, 1.165) is 22.5 Å². The van der Waals surface area contributed by atoms with E-state index in [4.69, 9.17) is 20.8 Å². The summed E-state index contributed by atoms with van der Waals surface area (Å²) in [4.78, 5) is 4.52. The fourth-order valence-electron chi connectivity index (χ4n) is 2.21. The van der Waals surface area contributed by atoms with Crippen molar-refractivity contribution in [1.82, 2.24) is 4.98 Å². The zero-order valence-corrected chi connectivity index (χ0v) is 13.4. The van der Waals surface area contributed by atoms with Gasteiger partial charge in [0.1, 0.15) is 11.3 Å². The van der Waals surface area contributed by atoms with E-state index < -0.39 is 6.10 Å². The lowest BCUT2D eigenvalue weighted by molar-refractivity contribution is 0.211. The van der Waals surface area contributed by atoms with Gasteiger partial charge in [0.15, 0.2) is 5.58 Å². The summed E-state index contributed by atoms with van der Waals surface area (Å²) in [5.41, 5.74) is 3.15. The van der Waals surface area contributed by atoms with Crippen LogP contribution in [0.15, 0.2) is 46.9 Å². The van der Waals surface area contributed by atoms with Gasteiger partial charge in [0.05, 0.1) is 19.1 Å². The van der Waals surface area contributed by atoms with E-state index in [0.29, 0.717) is 18.0 Å². The van der Waals surface area contributed by atoms with Crippen molar-refractivity contribution >= 4 is 28.4 Å². The molecule has 2 N–H and O–H groups in total. The predicted molar refractivity (Wildman–Crippen MR) is 91.2 cm³/mol. The van der Waals surface area contributed by atoms with Gasteiger partial charge in [-0.05, 0) is 36.4 Å². The molecular weight excluding hydrogens is 316 g/mol. The molecule has 0 spiro atoms. The van der Waals surface area contributed by atoms with Crippen LogP contribution in [0.4, 0.5) is 5.69 Å². The van der Waals surface area contributed by atoms with Crippen LogP contribution in [0.5, 0.6) is 5.75 Å². The molecule has 0 saturated carbocycles. The van der Waals surface area contributed by atoms with Gasteiger partial charge in [0.2, 0.25) is 5.89 Å². The number of ether oxygens (including phenoxy) is 1. The van der Waals surface area contributed by atoms with Crippen LogP contribution in [0.1, 0.15) is 0 Å². The maximum absolute atomic E-state index is 9.49. The summed E-state index contributed by atoms with van der Waals surface area (Å²) in [6.45, 7) is 0.385. The van der Waals surface area contributed by atoms with E-state index in [2.05, 4.69) is 10.3 Å². The maximum Gasteiger partial charge on any atom is 0.227 e. The second kappa shape index (κ2) is 6.89. The van der Waals surface area contributed by atoms with Crippen LogP contribution in [0.25, 0.3) is 22.6 Å². The molecule has 0 amide bonds. The number of oxazole rings is 1. The van der Waals surface area contributed by atoms with Gasteiger partial charge in [-0.25, -0.2) is 4.98 Å². The smallest absolute Gasteiger partial charge is 0.227 e. The molecule has 6 heteroatoms. The Balaban J connectivity index is 1.86. The fourth-order valence-corrected chi connectivity index (χ4v) is 2.32. The standard InChI is InChI=1S/C17H17ClN2O3/c1-22-14-4-2-3-11(7-14)17-20-15-8-12(5-6-16(15)23-17)19-10-13(21)9-18/h2-8,13,19,21H,9-10H2,1H3. The molecular formula is C17H17ClN2O3. The van der Waals surface area contributed by atoms with Crippen molar-refractivity contribution in [2.45, 2.75) is 6.10 Å². The lowest BCUT2D eigenvalue weighted by Gasteiger charge is -2.09. The first-order chi connectivity index (χ1) is 11.2. The van der Waals surface area contributed by atoms with Crippen LogP contribution in [0.2, 0.25) is 0 Å². The van der Waals surface area contributed by atoms with Gasteiger partial charge < -0.3 is 19.6 Å². The minimum atomic E-state index is -0.586. The van der Waals surface area contributed by atoms with Gasteiger partial charge in [0, 0.05) is 17.8 Å². The summed E-state index contributed by atoms with van der Waals surface area (Å²) in [7, 11) is 1.62. The van der Waals surface area contributed by atoms with Crippen LogP contribution in [0, 0.1) is 0 Å². The number of halogens is 1. The minimum Gasteiger partial charge on any atom is -0.497 e. The Bertz CT molecular complexity index is 803. The highest BCUT2D eigenvalue weighted by Gasteiger charge is 2.10. The van der Waals surface area contributed by atoms with Crippen molar-refractivity contribution in [3.63, 3.8) is 0 Å². The highest BCUT2D eigenvalue weighted by Crippen LogP contribution is 2.28. The van der Waals surface area contributed by atoms with E-state index in [1.807, 2.05) is 42.5 Å². The number of hydrogen-bond donors (Lipinski definition) is 2. The normalized spacial score (nSPS) is 12.3. The summed E-state index contributed by atoms with van der Waals surface area (Å²) >= 11 is 5.58. The molecule has 0 fully saturated rings. The summed E-state index contributed by atoms with van der Waals surface area (Å²) in [6.07, 6.45) is -0.586. The average Bonchev–Trinajstić information content (AvgIpc) is 3.03. The van der Waals surface area contributed by atoms with Crippen molar-refractivity contribution in [1.29, 1.82) is 0 Å². The van der Waals surface area contributed by atoms with E-state index in [1.165, 1.54) is 0 Å². The average molecular weight is 333 g/mol. The number of benzene rings is 2. The van der Waals surface area contributed by atoms with Crippen molar-refractivity contribution in [3.8, 4) is 17.2 Å². The zero-order valence-electron chi connectivity index (χ0n) is 12.6. The highest BCUT2D eigenvalue weighted by molar-refractivity contribution is 6.18. The van der Waals surface area contributed by atoms with Crippen molar-refractivity contribution in [2.24, 2.45) is 0 Å². The molecule has 1 atom stereocenters. The van der Waals surface area contributed by atoms with Gasteiger partial charge >= 0.3 is 0 Å². The minimum absolute atomic E-state index is 0.194. The molecule has 1 heterocycles. The number of hydrogen-bond acceptors (Lipinski definition) is 5. The highest BCUT2D eigenvalue weighted by atomic mass is 35.5. The monoisotopic (exact) mass is 332 g/mol. The number of methoxy groups -OCH3 is 1. The number of anilines is 1. The Labute approximate surface area is 138 Å². The van der Waals surface area contributed by atoms with Gasteiger partial charge in [-0.1, -0.05) is 6.07 Å². The third-order valence-corrected chi connectivity index (χ3v) is 3.78. The van der Waals surface area contributed by atoms with Crippen LogP contribution in [-0.4, -0.2) is 35.7 Å². The van der Waals surface area contributed by atoms with Gasteiger partial charge in [-0.2, -0.15) is 0 Å². The zero-order chi connectivity index (χ0) is 16.2. The number of nitrogens with one attached hydrogen (secondary N) is 1. The molecule has 3 aromatic rings. The number of nitrogens with zero attached hydrogens (tertiary/aromatic N) is 1. The Kier molecular flexibility index (Phi) is 4.69. The molecule has 0 aliphatic rings. The number of aromatic nitrogens is 1. The molecule has 0 bridgehead atoms. The molecule has 3 rings (SSSR count). The van der Waals surface area contributed by atoms with Gasteiger partial charge in [0.25, 0.3) is 0 Å². The van der Waals surface area contributed by atoms with Crippen molar-refractivity contribution < 1.29 is 14.3 Å². The van der Waals surface area contributed by atoms with Crippen LogP contribution >= 0.6 is 11.6 Å². The van der Waals surface area contributed by atoms with Crippen LogP contribution < -0.4 is 10.1 Å². The number of alkyl halides is 1. The fraction of sp³-hybridized carbons (Fsp3) is 0.235. The summed E-state index contributed by atoms with van der Waals surface area (Å²) in [6, 6.07) is 13.2. The Morgan fingerprint density at radius 3 is 2.96 bits per heavy atom. The summed E-state index contributed by atoms with van der Waals surface area (Å²) in [5, 5.41) is 12.6. The van der Waals surface area contributed by atoms with Gasteiger partial charge in [-0.3, -0.25) is 0 Å². The lowest BCUT2D eigenvalue weighted by Crippen LogP contribution is -2.20. The molecule has 120 valence electrons. The molecule has 0 saturated heterocycles. The topological polar surface area (TPSA) is 67.5 Å². The largest absolute Gasteiger partial charge is 0.497 e. The van der Waals surface area contributed by atoms with Crippen LogP contribution in [-0.2, 0) is 0 Å². The molecule has 1 unspecified atom stereocenters. The third-order valence-electron chi connectivity index (χ3n) is 3.42. The second-order valence-corrected chi connectivity index (χ2v) is 5.43. The maximum atomic E-state index is 9.49. The Morgan fingerprint density at radius 1 is 1.30 bits per heavy atom. The Hall–Kier alpha value is -2.24. The number of rotatable bonds is 6. The lowest BCUT2D eigenvalue weighted by atomic mass is 10.2.